The number of hydrogen-bond acceptors (Lipinski definition) is 6. The zero-order valence-corrected chi connectivity index (χ0v) is 16.5. The highest BCUT2D eigenvalue weighted by Gasteiger charge is 2.12. The highest BCUT2D eigenvalue weighted by molar-refractivity contribution is 6.38. The predicted octanol–water partition coefficient (Wildman–Crippen LogP) is 4.58. The lowest BCUT2D eigenvalue weighted by Gasteiger charge is -2.11. The number of fused-ring (bicyclic) bond motifs is 2. The first-order chi connectivity index (χ1) is 13.9. The Bertz CT molecular complexity index is 1320. The minimum Gasteiger partial charge on any atom is -0.472 e. The first-order valence-corrected chi connectivity index (χ1v) is 9.23. The Morgan fingerprint density at radius 2 is 1.97 bits per heavy atom. The lowest BCUT2D eigenvalue weighted by Crippen LogP contribution is -2.07. The summed E-state index contributed by atoms with van der Waals surface area (Å²) in [5.74, 6) is 0.0646. The Balaban J connectivity index is 1.71. The van der Waals surface area contributed by atoms with Crippen molar-refractivity contribution in [2.24, 2.45) is 0 Å². The van der Waals surface area contributed by atoms with Gasteiger partial charge in [0.25, 0.3) is 0 Å². The number of nitrogens with zero attached hydrogens (tertiary/aromatic N) is 2. The number of aromatic nitrogens is 2. The molecular formula is C20H13Cl2N3O4. The first kappa shape index (κ1) is 19.2. The Morgan fingerprint density at radius 3 is 2.76 bits per heavy atom. The van der Waals surface area contributed by atoms with Crippen LogP contribution in [-0.4, -0.2) is 15.9 Å². The summed E-state index contributed by atoms with van der Waals surface area (Å²) in [5.41, 5.74) is 1.44. The van der Waals surface area contributed by atoms with E-state index in [2.05, 4.69) is 15.3 Å². The second kappa shape index (κ2) is 7.69. The van der Waals surface area contributed by atoms with Gasteiger partial charge in [-0.05, 0) is 24.3 Å². The summed E-state index contributed by atoms with van der Waals surface area (Å²) in [5, 5.41) is 4.70. The van der Waals surface area contributed by atoms with Gasteiger partial charge in [-0.2, -0.15) is 0 Å². The molecule has 146 valence electrons. The minimum absolute atomic E-state index is 0.0534. The fourth-order valence-electron chi connectivity index (χ4n) is 2.96. The van der Waals surface area contributed by atoms with Crippen LogP contribution >= 0.6 is 23.2 Å². The van der Waals surface area contributed by atoms with Crippen molar-refractivity contribution < 1.29 is 13.9 Å². The van der Waals surface area contributed by atoms with E-state index < -0.39 is 5.63 Å². The highest BCUT2D eigenvalue weighted by Crippen LogP contribution is 2.31. The van der Waals surface area contributed by atoms with Crippen LogP contribution in [0.3, 0.4) is 0 Å². The number of benzene rings is 2. The summed E-state index contributed by atoms with van der Waals surface area (Å²) in [6.45, 7) is 1.45. The van der Waals surface area contributed by atoms with Crippen LogP contribution < -0.4 is 15.7 Å². The Labute approximate surface area is 174 Å². The molecule has 0 atom stereocenters. The molecule has 4 rings (SSSR count). The van der Waals surface area contributed by atoms with Crippen molar-refractivity contribution in [3.63, 3.8) is 0 Å². The van der Waals surface area contributed by atoms with Crippen molar-refractivity contribution >= 4 is 56.7 Å². The van der Waals surface area contributed by atoms with Crippen LogP contribution in [0, 0.1) is 0 Å². The number of hydrogen-bond donors (Lipinski definition) is 1. The summed E-state index contributed by atoms with van der Waals surface area (Å²) >= 11 is 12.3. The molecule has 1 amide bonds. The quantitative estimate of drug-likeness (QED) is 0.477. The van der Waals surface area contributed by atoms with Crippen LogP contribution in [-0.2, 0) is 11.4 Å². The Morgan fingerprint density at radius 1 is 1.14 bits per heavy atom. The van der Waals surface area contributed by atoms with E-state index in [9.17, 15) is 9.59 Å². The SMILES string of the molecule is CC(=O)Nc1ccc2c(COc3ncnc4c(Cl)cc(Cl)cc34)cc(=O)oc2c1. The van der Waals surface area contributed by atoms with Gasteiger partial charge in [0.15, 0.2) is 0 Å². The molecule has 7 nitrogen and oxygen atoms in total. The number of nitrogens with one attached hydrogen (secondary N) is 1. The van der Waals surface area contributed by atoms with Crippen LogP contribution in [0.25, 0.3) is 21.9 Å². The topological polar surface area (TPSA) is 94.3 Å². The van der Waals surface area contributed by atoms with Gasteiger partial charge in [0, 0.05) is 40.7 Å². The smallest absolute Gasteiger partial charge is 0.336 e. The van der Waals surface area contributed by atoms with Gasteiger partial charge in [-0.25, -0.2) is 14.8 Å². The lowest BCUT2D eigenvalue weighted by molar-refractivity contribution is -0.114. The molecule has 4 aromatic rings. The van der Waals surface area contributed by atoms with E-state index in [1.807, 2.05) is 0 Å². The third-order valence-electron chi connectivity index (χ3n) is 4.14. The molecule has 0 aliphatic heterocycles. The molecule has 0 saturated carbocycles. The van der Waals surface area contributed by atoms with Gasteiger partial charge in [0.2, 0.25) is 11.8 Å². The van der Waals surface area contributed by atoms with Crippen molar-refractivity contribution in [2.75, 3.05) is 5.32 Å². The van der Waals surface area contributed by atoms with Crippen molar-refractivity contribution in [3.8, 4) is 5.88 Å². The number of carbonyl (C=O) groups excluding carboxylic acids is 1. The van der Waals surface area contributed by atoms with Gasteiger partial charge in [0.05, 0.1) is 15.9 Å². The molecule has 0 aliphatic rings. The van der Waals surface area contributed by atoms with E-state index in [0.717, 1.165) is 0 Å². The predicted molar refractivity (Wildman–Crippen MR) is 111 cm³/mol. The lowest BCUT2D eigenvalue weighted by atomic mass is 10.1. The largest absolute Gasteiger partial charge is 0.472 e. The van der Waals surface area contributed by atoms with Gasteiger partial charge >= 0.3 is 5.63 Å². The third-order valence-corrected chi connectivity index (χ3v) is 4.64. The number of carbonyl (C=O) groups is 1. The van der Waals surface area contributed by atoms with E-state index in [4.69, 9.17) is 32.4 Å². The molecule has 0 fully saturated rings. The molecule has 29 heavy (non-hydrogen) atoms. The number of ether oxygens (including phenoxy) is 1. The van der Waals surface area contributed by atoms with Crippen molar-refractivity contribution in [1.82, 2.24) is 9.97 Å². The Kier molecular flexibility index (Phi) is 5.08. The fraction of sp³-hybridized carbons (Fsp3) is 0.100. The summed E-state index contributed by atoms with van der Waals surface area (Å²) in [6.07, 6.45) is 1.34. The van der Waals surface area contributed by atoms with Gasteiger partial charge in [-0.15, -0.1) is 0 Å². The molecule has 0 radical (unpaired) electrons. The fourth-order valence-corrected chi connectivity index (χ4v) is 3.50. The van der Waals surface area contributed by atoms with Gasteiger partial charge < -0.3 is 14.5 Å². The van der Waals surface area contributed by atoms with Gasteiger partial charge in [-0.3, -0.25) is 4.79 Å². The van der Waals surface area contributed by atoms with Gasteiger partial charge in [0.1, 0.15) is 18.5 Å². The van der Waals surface area contributed by atoms with E-state index in [1.165, 1.54) is 19.3 Å². The van der Waals surface area contributed by atoms with E-state index in [0.29, 0.717) is 43.2 Å². The molecule has 2 aromatic heterocycles. The zero-order chi connectivity index (χ0) is 20.5. The molecule has 0 aliphatic carbocycles. The maximum Gasteiger partial charge on any atom is 0.336 e. The summed E-state index contributed by atoms with van der Waals surface area (Å²) in [6, 6.07) is 9.64. The number of rotatable bonds is 4. The van der Waals surface area contributed by atoms with Crippen LogP contribution in [0.5, 0.6) is 5.88 Å². The second-order valence-corrected chi connectivity index (χ2v) is 7.08. The highest BCUT2D eigenvalue weighted by atomic mass is 35.5. The molecule has 0 spiro atoms. The summed E-state index contributed by atoms with van der Waals surface area (Å²) in [4.78, 5) is 31.5. The Hall–Kier alpha value is -3.16. The maximum absolute atomic E-state index is 12.0. The van der Waals surface area contributed by atoms with Crippen molar-refractivity contribution in [3.05, 3.63) is 68.8 Å². The number of anilines is 1. The molecule has 9 heteroatoms. The maximum atomic E-state index is 12.0. The molecular weight excluding hydrogens is 417 g/mol. The summed E-state index contributed by atoms with van der Waals surface area (Å²) < 4.78 is 11.1. The second-order valence-electron chi connectivity index (χ2n) is 6.23. The molecule has 0 saturated heterocycles. The standard InChI is InChI=1S/C20H13Cl2N3O4/c1-10(26)25-13-2-3-14-11(4-18(27)29-17(14)7-13)8-28-20-15-5-12(21)6-16(22)19(15)23-9-24-20/h2-7,9H,8H2,1H3,(H,25,26). The van der Waals surface area contributed by atoms with E-state index in [-0.39, 0.29) is 18.4 Å². The van der Waals surface area contributed by atoms with Crippen LogP contribution in [0.15, 0.2) is 51.9 Å². The van der Waals surface area contributed by atoms with Crippen molar-refractivity contribution in [2.45, 2.75) is 13.5 Å². The number of amides is 1. The molecule has 2 heterocycles. The molecule has 2 aromatic carbocycles. The van der Waals surface area contributed by atoms with Crippen LogP contribution in [0.2, 0.25) is 10.0 Å². The average Bonchev–Trinajstić information content (AvgIpc) is 2.65. The third kappa shape index (κ3) is 4.01. The van der Waals surface area contributed by atoms with E-state index in [1.54, 1.807) is 30.3 Å². The minimum atomic E-state index is -0.533. The summed E-state index contributed by atoms with van der Waals surface area (Å²) in [7, 11) is 0. The first-order valence-electron chi connectivity index (χ1n) is 8.47. The monoisotopic (exact) mass is 429 g/mol. The molecule has 1 N–H and O–H groups in total. The van der Waals surface area contributed by atoms with Crippen LogP contribution in [0.4, 0.5) is 5.69 Å². The van der Waals surface area contributed by atoms with Crippen LogP contribution in [0.1, 0.15) is 12.5 Å². The van der Waals surface area contributed by atoms with Gasteiger partial charge in [-0.1, -0.05) is 23.2 Å². The van der Waals surface area contributed by atoms with Crippen molar-refractivity contribution in [1.29, 1.82) is 0 Å². The van der Waals surface area contributed by atoms with E-state index >= 15 is 0 Å². The number of halogens is 2. The molecule has 0 bridgehead atoms. The normalized spacial score (nSPS) is 11.0. The zero-order valence-electron chi connectivity index (χ0n) is 15.0. The average molecular weight is 430 g/mol. The molecule has 0 unspecified atom stereocenters.